The fraction of sp³-hybridized carbons (Fsp3) is 0.467. The largest absolute Gasteiger partial charge is 0.497 e. The molecule has 0 unspecified atom stereocenters. The van der Waals surface area contributed by atoms with Gasteiger partial charge in [0.25, 0.3) is 0 Å². The van der Waals surface area contributed by atoms with E-state index in [9.17, 15) is 19.8 Å². The second kappa shape index (κ2) is 10.1. The summed E-state index contributed by atoms with van der Waals surface area (Å²) in [6.07, 6.45) is 1.14. The molecule has 0 bridgehead atoms. The maximum Gasteiger partial charge on any atom is 0.342 e. The van der Waals surface area contributed by atoms with E-state index in [0.29, 0.717) is 22.8 Å². The van der Waals surface area contributed by atoms with Gasteiger partial charge in [-0.15, -0.1) is 0 Å². The van der Waals surface area contributed by atoms with Gasteiger partial charge in [0.1, 0.15) is 5.76 Å². The first-order chi connectivity index (χ1) is 19.3. The zero-order chi connectivity index (χ0) is 28.1. The van der Waals surface area contributed by atoms with Gasteiger partial charge in [0, 0.05) is 13.0 Å². The Bertz CT molecular complexity index is 1340. The Labute approximate surface area is 232 Å². The summed E-state index contributed by atoms with van der Waals surface area (Å²) in [5, 5.41) is 22.5. The third-order valence-corrected chi connectivity index (χ3v) is 8.74. The Morgan fingerprint density at radius 1 is 1.15 bits per heavy atom. The fourth-order valence-corrected chi connectivity index (χ4v) is 6.81. The van der Waals surface area contributed by atoms with E-state index in [1.54, 1.807) is 30.3 Å². The minimum atomic E-state index is -2.61. The zero-order valence-corrected chi connectivity index (χ0v) is 22.5. The molecule has 1 fully saturated rings. The van der Waals surface area contributed by atoms with Crippen molar-refractivity contribution in [2.45, 2.75) is 54.9 Å². The Morgan fingerprint density at radius 3 is 2.62 bits per heavy atom. The molecule has 40 heavy (non-hydrogen) atoms. The van der Waals surface area contributed by atoms with Gasteiger partial charge >= 0.3 is 11.9 Å². The smallest absolute Gasteiger partial charge is 0.342 e. The van der Waals surface area contributed by atoms with Gasteiger partial charge in [-0.1, -0.05) is 30.3 Å². The zero-order valence-electron chi connectivity index (χ0n) is 22.5. The third-order valence-electron chi connectivity index (χ3n) is 8.74. The first-order valence-electron chi connectivity index (χ1n) is 13.5. The number of aliphatic hydroxyl groups is 2. The van der Waals surface area contributed by atoms with Crippen molar-refractivity contribution in [2.75, 3.05) is 34.1 Å². The molecule has 0 saturated carbocycles. The third kappa shape index (κ3) is 4.13. The number of esters is 2. The van der Waals surface area contributed by atoms with E-state index in [1.165, 1.54) is 7.11 Å². The molecule has 0 amide bonds. The number of fused-ring (bicyclic) bond motifs is 3. The number of carbonyl (C=O) groups excluding carboxylic acids is 2. The predicted molar refractivity (Wildman–Crippen MR) is 141 cm³/mol. The van der Waals surface area contributed by atoms with Crippen molar-refractivity contribution in [3.63, 3.8) is 0 Å². The van der Waals surface area contributed by atoms with Crippen molar-refractivity contribution >= 4 is 11.9 Å². The molecule has 6 rings (SSSR count). The van der Waals surface area contributed by atoms with Crippen LogP contribution in [0.25, 0.3) is 0 Å². The number of ether oxygens (including phenoxy) is 5. The van der Waals surface area contributed by atoms with Crippen molar-refractivity contribution in [2.24, 2.45) is 0 Å². The van der Waals surface area contributed by atoms with Crippen LogP contribution in [0.1, 0.15) is 35.4 Å². The molecule has 10 nitrogen and oxygen atoms in total. The van der Waals surface area contributed by atoms with Gasteiger partial charge in [-0.3, -0.25) is 4.90 Å². The number of aliphatic hydroxyl groups excluding tert-OH is 1. The number of carbonyl (C=O) groups is 2. The number of methoxy groups -OCH3 is 2. The van der Waals surface area contributed by atoms with Crippen LogP contribution in [0.2, 0.25) is 0 Å². The minimum Gasteiger partial charge on any atom is -0.497 e. The molecule has 2 N–H and O–H groups in total. The molecular weight excluding hydrogens is 518 g/mol. The molecule has 4 aliphatic rings. The van der Waals surface area contributed by atoms with Crippen molar-refractivity contribution in [1.82, 2.24) is 4.90 Å². The molecule has 3 heterocycles. The van der Waals surface area contributed by atoms with Crippen LogP contribution < -0.4 is 9.47 Å². The van der Waals surface area contributed by atoms with Crippen LogP contribution in [0.5, 0.6) is 11.5 Å². The number of hydrogen-bond donors (Lipinski definition) is 2. The van der Waals surface area contributed by atoms with Gasteiger partial charge in [-0.05, 0) is 60.7 Å². The first-order valence-corrected chi connectivity index (χ1v) is 13.5. The highest BCUT2D eigenvalue weighted by molar-refractivity contribution is 5.89. The van der Waals surface area contributed by atoms with Gasteiger partial charge in [-0.25, -0.2) is 9.59 Å². The van der Waals surface area contributed by atoms with Crippen molar-refractivity contribution < 1.29 is 43.5 Å². The molecular formula is C30H33NO9. The fourth-order valence-electron chi connectivity index (χ4n) is 6.81. The van der Waals surface area contributed by atoms with Crippen molar-refractivity contribution in [1.29, 1.82) is 0 Å². The molecule has 2 aromatic rings. The Morgan fingerprint density at radius 2 is 1.90 bits per heavy atom. The second-order valence-electron chi connectivity index (χ2n) is 10.8. The Kier molecular flexibility index (Phi) is 6.72. The summed E-state index contributed by atoms with van der Waals surface area (Å²) in [7, 11) is 2.60. The molecule has 5 atom stereocenters. The minimum absolute atomic E-state index is 0.137. The lowest BCUT2D eigenvalue weighted by Gasteiger charge is -2.40. The number of rotatable bonds is 7. The van der Waals surface area contributed by atoms with E-state index < -0.39 is 35.3 Å². The van der Waals surface area contributed by atoms with Gasteiger partial charge in [-0.2, -0.15) is 0 Å². The summed E-state index contributed by atoms with van der Waals surface area (Å²) < 4.78 is 27.9. The predicted octanol–water partition coefficient (Wildman–Crippen LogP) is 1.85. The highest BCUT2D eigenvalue weighted by Crippen LogP contribution is 2.55. The molecule has 0 aromatic heterocycles. The number of hydrogen-bond acceptors (Lipinski definition) is 10. The van der Waals surface area contributed by atoms with Crippen molar-refractivity contribution in [3.8, 4) is 11.5 Å². The summed E-state index contributed by atoms with van der Waals surface area (Å²) in [5.41, 5.74) is -0.544. The Balaban J connectivity index is 1.41. The first kappa shape index (κ1) is 26.6. The summed E-state index contributed by atoms with van der Waals surface area (Å²) >= 11 is 0. The van der Waals surface area contributed by atoms with E-state index >= 15 is 0 Å². The Hall–Kier alpha value is -3.60. The SMILES string of the molecule is COC(=O)[C@@H](O)[C@](O)(Cc1ccccc1)C(=O)O[C@@H]1C(OC)=C[C@]23CCCN2CCc2cc4c(cc2[C@H]13)OCO4. The van der Waals surface area contributed by atoms with Gasteiger partial charge in [0.15, 0.2) is 23.7 Å². The van der Waals surface area contributed by atoms with Crippen LogP contribution in [-0.4, -0.2) is 84.5 Å². The summed E-state index contributed by atoms with van der Waals surface area (Å²) in [4.78, 5) is 28.7. The highest BCUT2D eigenvalue weighted by atomic mass is 16.7. The van der Waals surface area contributed by atoms with E-state index in [0.717, 1.165) is 50.6 Å². The van der Waals surface area contributed by atoms with Crippen LogP contribution in [-0.2, 0) is 36.6 Å². The summed E-state index contributed by atoms with van der Waals surface area (Å²) in [5.74, 6) is -0.911. The second-order valence-corrected chi connectivity index (χ2v) is 10.8. The van der Waals surface area contributed by atoms with Crippen molar-refractivity contribution in [3.05, 3.63) is 71.0 Å². The molecule has 3 aliphatic heterocycles. The van der Waals surface area contributed by atoms with Crippen LogP contribution in [0.4, 0.5) is 0 Å². The van der Waals surface area contributed by atoms with Gasteiger partial charge < -0.3 is 33.9 Å². The standard InChI is InChI=1S/C30H33NO9/c1-36-23-16-29-10-6-11-31(29)12-9-19-13-21-22(39-17-38-21)14-20(19)24(29)25(23)40-28(34)30(35,26(32)27(33)37-2)15-18-7-4-3-5-8-18/h3-5,7-8,13-14,16,24-26,32,35H,6,9-12,15,17H2,1-2H3/t24-,25-,26-,29+,30-/m1/s1. The normalized spacial score (nSPS) is 26.9. The number of nitrogens with zero attached hydrogens (tertiary/aromatic N) is 1. The lowest BCUT2D eigenvalue weighted by Crippen LogP contribution is -2.57. The van der Waals surface area contributed by atoms with Crippen LogP contribution in [0.15, 0.2) is 54.3 Å². The summed E-state index contributed by atoms with van der Waals surface area (Å²) in [6.45, 7) is 1.82. The molecule has 212 valence electrons. The molecule has 2 aromatic carbocycles. The van der Waals surface area contributed by atoms with Crippen LogP contribution in [0.3, 0.4) is 0 Å². The van der Waals surface area contributed by atoms with E-state index in [4.69, 9.17) is 18.9 Å². The van der Waals surface area contributed by atoms with Gasteiger partial charge in [0.2, 0.25) is 12.4 Å². The maximum absolute atomic E-state index is 13.9. The quantitative estimate of drug-likeness (QED) is 0.493. The van der Waals surface area contributed by atoms with Gasteiger partial charge in [0.05, 0.1) is 25.7 Å². The van der Waals surface area contributed by atoms with E-state index in [-0.39, 0.29) is 19.1 Å². The maximum atomic E-state index is 13.9. The molecule has 10 heteroatoms. The lowest BCUT2D eigenvalue weighted by molar-refractivity contribution is -0.193. The highest BCUT2D eigenvalue weighted by Gasteiger charge is 2.60. The molecule has 1 aliphatic carbocycles. The average molecular weight is 552 g/mol. The molecule has 0 radical (unpaired) electrons. The number of benzene rings is 2. The van der Waals surface area contributed by atoms with E-state index in [1.807, 2.05) is 18.2 Å². The lowest BCUT2D eigenvalue weighted by atomic mass is 9.77. The average Bonchev–Trinajstić information content (AvgIpc) is 3.66. The topological polar surface area (TPSA) is 124 Å². The molecule has 1 saturated heterocycles. The summed E-state index contributed by atoms with van der Waals surface area (Å²) in [6, 6.07) is 12.6. The van der Waals surface area contributed by atoms with Crippen LogP contribution >= 0.6 is 0 Å². The monoisotopic (exact) mass is 551 g/mol. The van der Waals surface area contributed by atoms with Crippen LogP contribution in [0, 0.1) is 0 Å². The van der Waals surface area contributed by atoms with E-state index in [2.05, 4.69) is 9.64 Å². The molecule has 1 spiro atoms.